The average Bonchev–Trinajstić information content (AvgIpc) is 2.06. The molecule has 0 fully saturated rings. The first-order chi connectivity index (χ1) is 5.33. The summed E-state index contributed by atoms with van der Waals surface area (Å²) in [4.78, 5) is 0. The van der Waals surface area contributed by atoms with Crippen molar-refractivity contribution in [3.05, 3.63) is 35.9 Å². The smallest absolute Gasteiger partial charge is 0.159 e. The summed E-state index contributed by atoms with van der Waals surface area (Å²) < 4.78 is 15.5. The molecule has 0 aliphatic carbocycles. The molecule has 1 aromatic rings. The monoisotopic (exact) mass is 170 g/mol. The third-order valence-electron chi connectivity index (χ3n) is 1.31. The lowest BCUT2D eigenvalue weighted by Gasteiger charge is -1.97. The van der Waals surface area contributed by atoms with E-state index >= 15 is 0 Å². The molecule has 60 valence electrons. The largest absolute Gasteiger partial charge is 0.294 e. The van der Waals surface area contributed by atoms with Gasteiger partial charge in [0.25, 0.3) is 0 Å². The molecule has 0 N–H and O–H groups in total. The Morgan fingerprint density at radius 2 is 2.00 bits per heavy atom. The van der Waals surface area contributed by atoms with Crippen LogP contribution in [0.4, 0.5) is 0 Å². The van der Waals surface area contributed by atoms with Crippen molar-refractivity contribution in [2.45, 2.75) is 5.75 Å². The fourth-order valence-corrected chi connectivity index (χ4v) is 1.35. The molecule has 3 heteroatoms. The van der Waals surface area contributed by atoms with Crippen molar-refractivity contribution < 1.29 is 8.39 Å². The highest BCUT2D eigenvalue weighted by molar-refractivity contribution is 7.79. The molecule has 2 nitrogen and oxygen atoms in total. The Kier molecular flexibility index (Phi) is 3.26. The van der Waals surface area contributed by atoms with Crippen LogP contribution < -0.4 is 0 Å². The molecule has 0 saturated carbocycles. The zero-order chi connectivity index (χ0) is 8.10. The van der Waals surface area contributed by atoms with Crippen molar-refractivity contribution in [1.29, 1.82) is 0 Å². The summed E-state index contributed by atoms with van der Waals surface area (Å²) in [5.74, 6) is 0.470. The Morgan fingerprint density at radius 1 is 1.36 bits per heavy atom. The Hall–Kier alpha value is -0.670. The molecular formula is C8H10O2S. The molecule has 1 atom stereocenters. The van der Waals surface area contributed by atoms with Gasteiger partial charge in [0.15, 0.2) is 11.1 Å². The van der Waals surface area contributed by atoms with Gasteiger partial charge in [-0.1, -0.05) is 30.3 Å². The van der Waals surface area contributed by atoms with Crippen molar-refractivity contribution in [3.8, 4) is 0 Å². The van der Waals surface area contributed by atoms with Gasteiger partial charge in [-0.3, -0.25) is 4.18 Å². The molecule has 0 bridgehead atoms. The van der Waals surface area contributed by atoms with E-state index in [1.807, 2.05) is 30.3 Å². The van der Waals surface area contributed by atoms with E-state index in [-0.39, 0.29) is 0 Å². The maximum Gasteiger partial charge on any atom is 0.159 e. The van der Waals surface area contributed by atoms with Crippen LogP contribution in [0.3, 0.4) is 0 Å². The van der Waals surface area contributed by atoms with Gasteiger partial charge in [0.05, 0.1) is 12.9 Å². The van der Waals surface area contributed by atoms with E-state index in [2.05, 4.69) is 4.18 Å². The van der Waals surface area contributed by atoms with Crippen LogP contribution in [0.15, 0.2) is 30.3 Å². The second kappa shape index (κ2) is 4.26. The molecule has 0 amide bonds. The molecule has 0 heterocycles. The third-order valence-corrected chi connectivity index (χ3v) is 2.25. The van der Waals surface area contributed by atoms with Crippen LogP contribution in [0.1, 0.15) is 5.56 Å². The molecule has 0 aliphatic heterocycles. The second-order valence-corrected chi connectivity index (χ2v) is 3.33. The molecule has 1 aromatic carbocycles. The van der Waals surface area contributed by atoms with E-state index in [1.54, 1.807) is 0 Å². The van der Waals surface area contributed by atoms with E-state index in [0.717, 1.165) is 5.56 Å². The Bertz CT molecular complexity index is 233. The first kappa shape index (κ1) is 8.43. The van der Waals surface area contributed by atoms with Crippen LogP contribution >= 0.6 is 0 Å². The lowest BCUT2D eigenvalue weighted by atomic mass is 10.2. The van der Waals surface area contributed by atoms with Crippen molar-refractivity contribution in [1.82, 2.24) is 0 Å². The summed E-state index contributed by atoms with van der Waals surface area (Å²) in [6.45, 7) is 0. The fraction of sp³-hybridized carbons (Fsp3) is 0.250. The summed E-state index contributed by atoms with van der Waals surface area (Å²) in [7, 11) is 1.44. The second-order valence-electron chi connectivity index (χ2n) is 2.10. The molecule has 1 rings (SSSR count). The van der Waals surface area contributed by atoms with Gasteiger partial charge in [-0.25, -0.2) is 4.21 Å². The minimum atomic E-state index is -1.18. The lowest BCUT2D eigenvalue weighted by Crippen LogP contribution is -1.95. The van der Waals surface area contributed by atoms with Crippen LogP contribution in [0.5, 0.6) is 0 Å². The highest BCUT2D eigenvalue weighted by Gasteiger charge is 1.97. The van der Waals surface area contributed by atoms with Gasteiger partial charge >= 0.3 is 0 Å². The molecule has 0 saturated heterocycles. The van der Waals surface area contributed by atoms with Crippen LogP contribution in [0.25, 0.3) is 0 Å². The molecule has 0 radical (unpaired) electrons. The number of benzene rings is 1. The lowest BCUT2D eigenvalue weighted by molar-refractivity contribution is 0.445. The van der Waals surface area contributed by atoms with E-state index < -0.39 is 11.1 Å². The van der Waals surface area contributed by atoms with Gasteiger partial charge < -0.3 is 0 Å². The van der Waals surface area contributed by atoms with Crippen molar-refractivity contribution in [2.24, 2.45) is 0 Å². The molecule has 11 heavy (non-hydrogen) atoms. The van der Waals surface area contributed by atoms with Crippen molar-refractivity contribution >= 4 is 11.1 Å². The van der Waals surface area contributed by atoms with Gasteiger partial charge in [-0.2, -0.15) is 0 Å². The maximum atomic E-state index is 10.9. The summed E-state index contributed by atoms with van der Waals surface area (Å²) >= 11 is -1.18. The predicted molar refractivity (Wildman–Crippen MR) is 45.3 cm³/mol. The highest BCUT2D eigenvalue weighted by Crippen LogP contribution is 2.02. The van der Waals surface area contributed by atoms with Crippen LogP contribution in [-0.2, 0) is 21.0 Å². The standard InChI is InChI=1S/C8H10O2S/c1-10-11(9)7-8-5-3-2-4-6-8/h2-6H,7H2,1H3/t11-/m1/s1. The fourth-order valence-electron chi connectivity index (χ4n) is 0.769. The number of hydrogen-bond acceptors (Lipinski definition) is 2. The molecule has 0 unspecified atom stereocenters. The third kappa shape index (κ3) is 2.82. The zero-order valence-corrected chi connectivity index (χ0v) is 7.14. The van der Waals surface area contributed by atoms with E-state index in [0.29, 0.717) is 5.75 Å². The van der Waals surface area contributed by atoms with Crippen molar-refractivity contribution in [3.63, 3.8) is 0 Å². The molecule has 0 aliphatic rings. The summed E-state index contributed by atoms with van der Waals surface area (Å²) in [5, 5.41) is 0. The number of rotatable bonds is 3. The summed E-state index contributed by atoms with van der Waals surface area (Å²) in [6, 6.07) is 9.62. The van der Waals surface area contributed by atoms with Crippen LogP contribution in [0.2, 0.25) is 0 Å². The molecule has 0 spiro atoms. The van der Waals surface area contributed by atoms with Gasteiger partial charge in [0.2, 0.25) is 0 Å². The SMILES string of the molecule is CO[S@@](=O)Cc1ccccc1. The van der Waals surface area contributed by atoms with Crippen LogP contribution in [0, 0.1) is 0 Å². The summed E-state index contributed by atoms with van der Waals surface area (Å²) in [5.41, 5.74) is 1.03. The van der Waals surface area contributed by atoms with Gasteiger partial charge in [0.1, 0.15) is 0 Å². The van der Waals surface area contributed by atoms with E-state index in [1.165, 1.54) is 7.11 Å². The minimum absolute atomic E-state index is 0.470. The van der Waals surface area contributed by atoms with Gasteiger partial charge in [0, 0.05) is 0 Å². The average molecular weight is 170 g/mol. The van der Waals surface area contributed by atoms with Crippen LogP contribution in [-0.4, -0.2) is 11.3 Å². The minimum Gasteiger partial charge on any atom is -0.294 e. The number of hydrogen-bond donors (Lipinski definition) is 0. The quantitative estimate of drug-likeness (QED) is 0.687. The first-order valence-electron chi connectivity index (χ1n) is 3.29. The Morgan fingerprint density at radius 3 is 2.55 bits per heavy atom. The first-order valence-corrected chi connectivity index (χ1v) is 4.54. The van der Waals surface area contributed by atoms with E-state index in [9.17, 15) is 4.21 Å². The topological polar surface area (TPSA) is 26.3 Å². The predicted octanol–water partition coefficient (Wildman–Crippen LogP) is 1.50. The molecule has 0 aromatic heterocycles. The maximum absolute atomic E-state index is 10.9. The Labute approximate surface area is 68.9 Å². The Balaban J connectivity index is 2.58. The summed E-state index contributed by atoms with van der Waals surface area (Å²) in [6.07, 6.45) is 0. The molecular weight excluding hydrogens is 160 g/mol. The van der Waals surface area contributed by atoms with Crippen molar-refractivity contribution in [2.75, 3.05) is 7.11 Å². The normalized spacial score (nSPS) is 12.8. The zero-order valence-electron chi connectivity index (χ0n) is 6.32. The highest BCUT2D eigenvalue weighted by atomic mass is 32.2. The van der Waals surface area contributed by atoms with Gasteiger partial charge in [-0.05, 0) is 5.56 Å². The van der Waals surface area contributed by atoms with E-state index in [4.69, 9.17) is 0 Å². The van der Waals surface area contributed by atoms with Gasteiger partial charge in [-0.15, -0.1) is 0 Å².